The highest BCUT2D eigenvalue weighted by Crippen LogP contribution is 2.38. The number of aromatic nitrogens is 2. The van der Waals surface area contributed by atoms with E-state index in [-0.39, 0.29) is 5.56 Å². The van der Waals surface area contributed by atoms with Crippen molar-refractivity contribution in [1.29, 1.82) is 0 Å². The van der Waals surface area contributed by atoms with Gasteiger partial charge in [-0.25, -0.2) is 4.98 Å². The second-order valence-electron chi connectivity index (χ2n) is 4.83. The summed E-state index contributed by atoms with van der Waals surface area (Å²) >= 11 is 11.9. The van der Waals surface area contributed by atoms with Gasteiger partial charge in [0.05, 0.1) is 15.7 Å². The molecule has 1 aliphatic rings. The largest absolute Gasteiger partial charge is 0.310 e. The minimum atomic E-state index is -0.0852. The Kier molecular flexibility index (Phi) is 3.11. The van der Waals surface area contributed by atoms with Crippen LogP contribution in [0.3, 0.4) is 0 Å². The van der Waals surface area contributed by atoms with Gasteiger partial charge >= 0.3 is 0 Å². The molecule has 1 N–H and O–H groups in total. The maximum Gasteiger partial charge on any atom is 0.254 e. The van der Waals surface area contributed by atoms with Gasteiger partial charge in [0, 0.05) is 17.0 Å². The molecule has 19 heavy (non-hydrogen) atoms. The molecule has 1 aromatic carbocycles. The molecule has 0 bridgehead atoms. The van der Waals surface area contributed by atoms with E-state index >= 15 is 0 Å². The standard InChI is InChI=1S/C14H12Cl2N2O/c1-7-12(9-4-5-10(15)11(16)6-9)17-13(8-2-3-8)18-14(7)19/h4-6,8H,2-3H2,1H3,(H,17,18,19). The summed E-state index contributed by atoms with van der Waals surface area (Å²) in [5, 5.41) is 0.962. The molecule has 98 valence electrons. The number of aromatic amines is 1. The SMILES string of the molecule is Cc1c(-c2ccc(Cl)c(Cl)c2)nc(C2CC2)[nH]c1=O. The fourth-order valence-corrected chi connectivity index (χ4v) is 2.32. The third-order valence-electron chi connectivity index (χ3n) is 3.33. The number of nitrogens with zero attached hydrogens (tertiary/aromatic N) is 1. The van der Waals surface area contributed by atoms with Crippen LogP contribution in [-0.2, 0) is 0 Å². The number of hydrogen-bond acceptors (Lipinski definition) is 2. The Hall–Kier alpha value is -1.32. The van der Waals surface area contributed by atoms with Gasteiger partial charge in [-0.15, -0.1) is 0 Å². The van der Waals surface area contributed by atoms with E-state index in [2.05, 4.69) is 9.97 Å². The van der Waals surface area contributed by atoms with Gasteiger partial charge in [0.2, 0.25) is 0 Å². The smallest absolute Gasteiger partial charge is 0.254 e. The van der Waals surface area contributed by atoms with Gasteiger partial charge in [-0.3, -0.25) is 4.79 Å². The normalized spacial score (nSPS) is 14.7. The van der Waals surface area contributed by atoms with E-state index in [4.69, 9.17) is 23.2 Å². The molecule has 0 radical (unpaired) electrons. The molecule has 2 aromatic rings. The molecular weight excluding hydrogens is 283 g/mol. The minimum absolute atomic E-state index is 0.0852. The van der Waals surface area contributed by atoms with Crippen molar-refractivity contribution < 1.29 is 0 Å². The third kappa shape index (κ3) is 2.40. The molecule has 0 amide bonds. The zero-order valence-electron chi connectivity index (χ0n) is 10.3. The number of hydrogen-bond donors (Lipinski definition) is 1. The summed E-state index contributed by atoms with van der Waals surface area (Å²) < 4.78 is 0. The Bertz CT molecular complexity index is 705. The molecule has 0 aliphatic heterocycles. The molecule has 1 fully saturated rings. The highest BCUT2D eigenvalue weighted by Gasteiger charge is 2.27. The summed E-state index contributed by atoms with van der Waals surface area (Å²) in [6.45, 7) is 1.76. The fourth-order valence-electron chi connectivity index (χ4n) is 2.02. The first-order valence-corrected chi connectivity index (χ1v) is 6.88. The van der Waals surface area contributed by atoms with Crippen LogP contribution in [0.1, 0.15) is 30.1 Å². The Morgan fingerprint density at radius 2 is 2.00 bits per heavy atom. The summed E-state index contributed by atoms with van der Waals surface area (Å²) in [5.41, 5.74) is 2.02. The fraction of sp³-hybridized carbons (Fsp3) is 0.286. The number of nitrogens with one attached hydrogen (secondary N) is 1. The Morgan fingerprint density at radius 3 is 2.63 bits per heavy atom. The van der Waals surface area contributed by atoms with E-state index in [1.807, 2.05) is 6.07 Å². The Balaban J connectivity index is 2.17. The lowest BCUT2D eigenvalue weighted by Crippen LogP contribution is -2.15. The molecule has 1 saturated carbocycles. The van der Waals surface area contributed by atoms with Crippen molar-refractivity contribution >= 4 is 23.2 Å². The summed E-state index contributed by atoms with van der Waals surface area (Å²) in [6.07, 6.45) is 2.18. The van der Waals surface area contributed by atoms with Crippen LogP contribution in [0.4, 0.5) is 0 Å². The van der Waals surface area contributed by atoms with Crippen molar-refractivity contribution in [2.45, 2.75) is 25.7 Å². The van der Waals surface area contributed by atoms with Crippen LogP contribution in [0.5, 0.6) is 0 Å². The second-order valence-corrected chi connectivity index (χ2v) is 5.64. The number of rotatable bonds is 2. The predicted molar refractivity (Wildman–Crippen MR) is 77.0 cm³/mol. The highest BCUT2D eigenvalue weighted by molar-refractivity contribution is 6.42. The molecule has 0 saturated heterocycles. The molecule has 0 atom stereocenters. The molecule has 0 unspecified atom stereocenters. The molecule has 3 rings (SSSR count). The van der Waals surface area contributed by atoms with Gasteiger partial charge in [-0.05, 0) is 31.9 Å². The molecule has 5 heteroatoms. The van der Waals surface area contributed by atoms with Gasteiger partial charge in [0.1, 0.15) is 5.82 Å². The molecular formula is C14H12Cl2N2O. The summed E-state index contributed by atoms with van der Waals surface area (Å²) in [4.78, 5) is 19.4. The van der Waals surface area contributed by atoms with Crippen molar-refractivity contribution in [2.24, 2.45) is 0 Å². The first-order chi connectivity index (χ1) is 9.06. The average molecular weight is 295 g/mol. The van der Waals surface area contributed by atoms with Gasteiger partial charge < -0.3 is 4.98 Å². The van der Waals surface area contributed by atoms with E-state index in [1.54, 1.807) is 19.1 Å². The van der Waals surface area contributed by atoms with Gasteiger partial charge in [0.15, 0.2) is 0 Å². The summed E-state index contributed by atoms with van der Waals surface area (Å²) in [5.74, 6) is 1.17. The number of H-pyrrole nitrogens is 1. The maximum atomic E-state index is 12.0. The van der Waals surface area contributed by atoms with E-state index in [0.29, 0.717) is 27.2 Å². The van der Waals surface area contributed by atoms with E-state index in [1.165, 1.54) is 0 Å². The van der Waals surface area contributed by atoms with Crippen LogP contribution in [0.25, 0.3) is 11.3 Å². The molecule has 3 nitrogen and oxygen atoms in total. The number of halogens is 2. The van der Waals surface area contributed by atoms with Crippen LogP contribution in [0, 0.1) is 6.92 Å². The predicted octanol–water partition coefficient (Wildman–Crippen LogP) is 3.93. The van der Waals surface area contributed by atoms with Crippen molar-refractivity contribution in [3.8, 4) is 11.3 Å². The van der Waals surface area contributed by atoms with Crippen LogP contribution in [0.2, 0.25) is 10.0 Å². The first kappa shape index (κ1) is 12.7. The number of benzene rings is 1. The molecule has 1 aliphatic carbocycles. The second kappa shape index (κ2) is 4.66. The van der Waals surface area contributed by atoms with Gasteiger partial charge in [-0.2, -0.15) is 0 Å². The minimum Gasteiger partial charge on any atom is -0.310 e. The molecule has 0 spiro atoms. The maximum absolute atomic E-state index is 12.0. The lowest BCUT2D eigenvalue weighted by Gasteiger charge is -2.08. The topological polar surface area (TPSA) is 45.8 Å². The summed E-state index contributed by atoms with van der Waals surface area (Å²) in [7, 11) is 0. The van der Waals surface area contributed by atoms with Gasteiger partial charge in [0.25, 0.3) is 5.56 Å². The zero-order chi connectivity index (χ0) is 13.6. The van der Waals surface area contributed by atoms with Gasteiger partial charge in [-0.1, -0.05) is 29.3 Å². The van der Waals surface area contributed by atoms with Crippen molar-refractivity contribution in [2.75, 3.05) is 0 Å². The highest BCUT2D eigenvalue weighted by atomic mass is 35.5. The van der Waals surface area contributed by atoms with Crippen molar-refractivity contribution in [3.63, 3.8) is 0 Å². The lowest BCUT2D eigenvalue weighted by atomic mass is 10.1. The quantitative estimate of drug-likeness (QED) is 0.912. The summed E-state index contributed by atoms with van der Waals surface area (Å²) in [6, 6.07) is 5.30. The average Bonchev–Trinajstić information content (AvgIpc) is 3.20. The molecule has 1 aromatic heterocycles. The Labute approximate surface area is 120 Å². The van der Waals surface area contributed by atoms with Crippen LogP contribution in [0.15, 0.2) is 23.0 Å². The Morgan fingerprint density at radius 1 is 1.26 bits per heavy atom. The monoisotopic (exact) mass is 294 g/mol. The van der Waals surface area contributed by atoms with E-state index in [9.17, 15) is 4.79 Å². The molecule has 1 heterocycles. The van der Waals surface area contributed by atoms with E-state index < -0.39 is 0 Å². The third-order valence-corrected chi connectivity index (χ3v) is 4.07. The van der Waals surface area contributed by atoms with Crippen LogP contribution >= 0.6 is 23.2 Å². The van der Waals surface area contributed by atoms with Crippen molar-refractivity contribution in [3.05, 3.63) is 50.0 Å². The van der Waals surface area contributed by atoms with Crippen molar-refractivity contribution in [1.82, 2.24) is 9.97 Å². The van der Waals surface area contributed by atoms with Crippen LogP contribution in [-0.4, -0.2) is 9.97 Å². The first-order valence-electron chi connectivity index (χ1n) is 6.12. The van der Waals surface area contributed by atoms with E-state index in [0.717, 1.165) is 24.2 Å². The zero-order valence-corrected chi connectivity index (χ0v) is 11.8. The lowest BCUT2D eigenvalue weighted by molar-refractivity contribution is 0.900. The van der Waals surface area contributed by atoms with Crippen LogP contribution < -0.4 is 5.56 Å².